The summed E-state index contributed by atoms with van der Waals surface area (Å²) in [7, 11) is 0. The van der Waals surface area contributed by atoms with Gasteiger partial charge in [-0.2, -0.15) is 0 Å². The lowest BCUT2D eigenvalue weighted by molar-refractivity contribution is -0.123. The van der Waals surface area contributed by atoms with E-state index in [1.54, 1.807) is 10.7 Å². The minimum atomic E-state index is -0.0700. The quantitative estimate of drug-likeness (QED) is 0.878. The van der Waals surface area contributed by atoms with Crippen LogP contribution in [-0.2, 0) is 11.3 Å². The third-order valence-corrected chi connectivity index (χ3v) is 4.52. The molecule has 1 aliphatic carbocycles. The van der Waals surface area contributed by atoms with Gasteiger partial charge in [0.25, 0.3) is 0 Å². The van der Waals surface area contributed by atoms with E-state index in [-0.39, 0.29) is 11.9 Å². The molecule has 2 aromatic rings. The normalized spacial score (nSPS) is 23.9. The molecular formula is C16H21ClN6O. The fourth-order valence-corrected chi connectivity index (χ4v) is 3.22. The predicted molar refractivity (Wildman–Crippen MR) is 90.8 cm³/mol. The number of carbonyl (C=O) groups excluding carboxylic acids is 1. The summed E-state index contributed by atoms with van der Waals surface area (Å²) in [5.41, 5.74) is 1.67. The summed E-state index contributed by atoms with van der Waals surface area (Å²) >= 11 is 6.06. The number of nitrogens with zero attached hydrogens (tertiary/aromatic N) is 4. The SMILES string of the molecule is CC.O=C(NCc1cc(Cl)ccc1-n1cnnn1)[C@@H]1C[C@@H]2C[C@@H]2N1. The van der Waals surface area contributed by atoms with Crippen LogP contribution in [0.3, 0.4) is 0 Å². The van der Waals surface area contributed by atoms with Crippen molar-refractivity contribution >= 4 is 17.5 Å². The number of aromatic nitrogens is 4. The molecule has 2 N–H and O–H groups in total. The lowest BCUT2D eigenvalue weighted by Gasteiger charge is -2.15. The van der Waals surface area contributed by atoms with E-state index in [4.69, 9.17) is 11.6 Å². The zero-order valence-electron chi connectivity index (χ0n) is 13.7. The van der Waals surface area contributed by atoms with E-state index in [2.05, 4.69) is 26.2 Å². The van der Waals surface area contributed by atoms with E-state index in [0.717, 1.165) is 17.7 Å². The number of carbonyl (C=O) groups is 1. The Hall–Kier alpha value is -1.99. The van der Waals surface area contributed by atoms with Gasteiger partial charge < -0.3 is 10.6 Å². The molecule has 2 fully saturated rings. The maximum absolute atomic E-state index is 12.2. The molecule has 1 aliphatic heterocycles. The minimum absolute atomic E-state index is 0.0369. The van der Waals surface area contributed by atoms with Gasteiger partial charge >= 0.3 is 0 Å². The first kappa shape index (κ1) is 16.9. The Labute approximate surface area is 145 Å². The zero-order chi connectivity index (χ0) is 17.1. The topological polar surface area (TPSA) is 84.7 Å². The molecule has 1 saturated carbocycles. The second-order valence-corrected chi connectivity index (χ2v) is 6.24. The Balaban J connectivity index is 0.000000815. The van der Waals surface area contributed by atoms with Crippen LogP contribution in [0.15, 0.2) is 24.5 Å². The molecular weight excluding hydrogens is 328 g/mol. The lowest BCUT2D eigenvalue weighted by atomic mass is 10.1. The van der Waals surface area contributed by atoms with E-state index in [0.29, 0.717) is 23.5 Å². The highest BCUT2D eigenvalue weighted by Gasteiger charge is 2.47. The number of nitrogens with one attached hydrogen (secondary N) is 2. The van der Waals surface area contributed by atoms with Gasteiger partial charge in [0, 0.05) is 17.6 Å². The first-order valence-electron chi connectivity index (χ1n) is 8.26. The van der Waals surface area contributed by atoms with Crippen molar-refractivity contribution in [3.05, 3.63) is 35.1 Å². The van der Waals surface area contributed by atoms with Crippen LogP contribution in [0, 0.1) is 5.92 Å². The maximum atomic E-state index is 12.2. The average molecular weight is 349 g/mol. The van der Waals surface area contributed by atoms with Crippen LogP contribution in [0.1, 0.15) is 32.3 Å². The summed E-state index contributed by atoms with van der Waals surface area (Å²) in [5, 5.41) is 18.1. The Kier molecular flexibility index (Phi) is 5.11. The summed E-state index contributed by atoms with van der Waals surface area (Å²) < 4.78 is 1.56. The van der Waals surface area contributed by atoms with Crippen molar-refractivity contribution in [1.29, 1.82) is 0 Å². The molecule has 1 amide bonds. The highest BCUT2D eigenvalue weighted by molar-refractivity contribution is 6.30. The molecule has 1 aromatic heterocycles. The number of halogens is 1. The van der Waals surface area contributed by atoms with Crippen molar-refractivity contribution in [2.75, 3.05) is 0 Å². The smallest absolute Gasteiger partial charge is 0.237 e. The van der Waals surface area contributed by atoms with E-state index in [9.17, 15) is 4.79 Å². The van der Waals surface area contributed by atoms with E-state index in [1.165, 1.54) is 12.7 Å². The van der Waals surface area contributed by atoms with Gasteiger partial charge in [0.05, 0.1) is 11.7 Å². The Morgan fingerprint density at radius 2 is 2.25 bits per heavy atom. The summed E-state index contributed by atoms with van der Waals surface area (Å²) in [6.07, 6.45) is 3.66. The third-order valence-electron chi connectivity index (χ3n) is 4.28. The molecule has 3 atom stereocenters. The van der Waals surface area contributed by atoms with Crippen molar-refractivity contribution in [2.24, 2.45) is 5.92 Å². The molecule has 1 saturated heterocycles. The number of fused-ring (bicyclic) bond motifs is 1. The molecule has 0 unspecified atom stereocenters. The molecule has 2 heterocycles. The summed E-state index contributed by atoms with van der Waals surface area (Å²) in [5.74, 6) is 0.730. The van der Waals surface area contributed by atoms with E-state index in [1.807, 2.05) is 26.0 Å². The number of tetrazole rings is 1. The first-order chi connectivity index (χ1) is 11.7. The number of piperidine rings is 1. The molecule has 0 radical (unpaired) electrons. The minimum Gasteiger partial charge on any atom is -0.351 e. The second kappa shape index (κ2) is 7.27. The molecule has 24 heavy (non-hydrogen) atoms. The third kappa shape index (κ3) is 3.57. The van der Waals surface area contributed by atoms with Crippen LogP contribution < -0.4 is 10.6 Å². The maximum Gasteiger partial charge on any atom is 0.237 e. The summed E-state index contributed by atoms with van der Waals surface area (Å²) in [6, 6.07) is 5.91. The Bertz CT molecular complexity index is 695. The lowest BCUT2D eigenvalue weighted by Crippen LogP contribution is -2.42. The van der Waals surface area contributed by atoms with Crippen molar-refractivity contribution in [3.63, 3.8) is 0 Å². The number of benzene rings is 1. The summed E-state index contributed by atoms with van der Waals surface area (Å²) in [4.78, 5) is 12.2. The number of hydrogen-bond acceptors (Lipinski definition) is 5. The molecule has 4 rings (SSSR count). The zero-order valence-corrected chi connectivity index (χ0v) is 14.5. The predicted octanol–water partition coefficient (Wildman–Crippen LogP) is 1.71. The van der Waals surface area contributed by atoms with Gasteiger partial charge in [-0.05, 0) is 52.9 Å². The van der Waals surface area contributed by atoms with Crippen molar-refractivity contribution in [1.82, 2.24) is 30.8 Å². The van der Waals surface area contributed by atoms with Gasteiger partial charge in [0.1, 0.15) is 6.33 Å². The largest absolute Gasteiger partial charge is 0.351 e. The molecule has 7 nitrogen and oxygen atoms in total. The van der Waals surface area contributed by atoms with E-state index >= 15 is 0 Å². The number of rotatable bonds is 4. The van der Waals surface area contributed by atoms with Crippen LogP contribution in [0.4, 0.5) is 0 Å². The highest BCUT2D eigenvalue weighted by atomic mass is 35.5. The van der Waals surface area contributed by atoms with Gasteiger partial charge in [-0.1, -0.05) is 25.4 Å². The molecule has 0 bridgehead atoms. The van der Waals surface area contributed by atoms with Crippen LogP contribution in [-0.4, -0.2) is 38.2 Å². The second-order valence-electron chi connectivity index (χ2n) is 5.80. The van der Waals surface area contributed by atoms with Crippen LogP contribution in [0.5, 0.6) is 0 Å². The van der Waals surface area contributed by atoms with Crippen LogP contribution in [0.25, 0.3) is 5.69 Å². The fraction of sp³-hybridized carbons (Fsp3) is 0.500. The van der Waals surface area contributed by atoms with Crippen LogP contribution in [0.2, 0.25) is 5.02 Å². The van der Waals surface area contributed by atoms with E-state index < -0.39 is 0 Å². The number of hydrogen-bond donors (Lipinski definition) is 2. The van der Waals surface area contributed by atoms with Gasteiger partial charge in [0.2, 0.25) is 5.91 Å². The van der Waals surface area contributed by atoms with Gasteiger partial charge in [-0.3, -0.25) is 4.79 Å². The van der Waals surface area contributed by atoms with Crippen LogP contribution >= 0.6 is 11.6 Å². The standard InChI is InChI=1S/C14H15ClN6O.C2H6/c15-10-1-2-13(21-7-17-19-20-21)9(3-10)6-16-14(22)12-5-8-4-11(8)18-12;1-2/h1-3,7-8,11-12,18H,4-6H2,(H,16,22);1-2H3/t8-,11-,12-;/m0./s1. The molecule has 8 heteroatoms. The van der Waals surface area contributed by atoms with Crippen molar-refractivity contribution in [2.45, 2.75) is 45.3 Å². The molecule has 128 valence electrons. The van der Waals surface area contributed by atoms with Gasteiger partial charge in [0.15, 0.2) is 0 Å². The van der Waals surface area contributed by atoms with Gasteiger partial charge in [-0.25, -0.2) is 4.68 Å². The summed E-state index contributed by atoms with van der Waals surface area (Å²) in [6.45, 7) is 4.39. The van der Waals surface area contributed by atoms with Gasteiger partial charge in [-0.15, -0.1) is 5.10 Å². The average Bonchev–Trinajstić information content (AvgIpc) is 3.02. The molecule has 2 aliphatic rings. The molecule has 1 aromatic carbocycles. The Morgan fingerprint density at radius 3 is 2.92 bits per heavy atom. The van der Waals surface area contributed by atoms with Crippen molar-refractivity contribution in [3.8, 4) is 5.69 Å². The Morgan fingerprint density at radius 1 is 1.42 bits per heavy atom. The fourth-order valence-electron chi connectivity index (χ4n) is 3.02. The number of amides is 1. The molecule has 0 spiro atoms. The van der Waals surface area contributed by atoms with Crippen molar-refractivity contribution < 1.29 is 4.79 Å². The first-order valence-corrected chi connectivity index (χ1v) is 8.64. The monoisotopic (exact) mass is 348 g/mol. The highest BCUT2D eigenvalue weighted by Crippen LogP contribution is 2.40.